The van der Waals surface area contributed by atoms with Gasteiger partial charge in [-0.2, -0.15) is 0 Å². The summed E-state index contributed by atoms with van der Waals surface area (Å²) in [6, 6.07) is 27.5. The SMILES string of the molecule is O=C(O)CC(NC(=O)C1Cc2cccc3c2N1C(=O)C(NC(=O)OCc1ccccc1)CC3)C(=O)COP(=O)(c1ccccc1)c1ccccc1. The van der Waals surface area contributed by atoms with Gasteiger partial charge in [-0.25, -0.2) is 4.79 Å². The molecule has 262 valence electrons. The van der Waals surface area contributed by atoms with Gasteiger partial charge in [-0.15, -0.1) is 0 Å². The lowest BCUT2D eigenvalue weighted by Crippen LogP contribution is -2.56. The summed E-state index contributed by atoms with van der Waals surface area (Å²) in [5.41, 5.74) is 2.86. The highest BCUT2D eigenvalue weighted by Gasteiger charge is 2.45. The zero-order chi connectivity index (χ0) is 36.0. The molecule has 13 heteroatoms. The van der Waals surface area contributed by atoms with Crippen LogP contribution in [0.4, 0.5) is 10.5 Å². The highest BCUT2D eigenvalue weighted by molar-refractivity contribution is 7.74. The fourth-order valence-electron chi connectivity index (χ4n) is 6.37. The van der Waals surface area contributed by atoms with E-state index >= 15 is 0 Å². The highest BCUT2D eigenvalue weighted by Crippen LogP contribution is 2.44. The van der Waals surface area contributed by atoms with Crippen molar-refractivity contribution in [3.05, 3.63) is 126 Å². The molecule has 51 heavy (non-hydrogen) atoms. The fourth-order valence-corrected chi connectivity index (χ4v) is 8.41. The zero-order valence-electron chi connectivity index (χ0n) is 27.5. The van der Waals surface area contributed by atoms with E-state index in [1.807, 2.05) is 30.3 Å². The van der Waals surface area contributed by atoms with Gasteiger partial charge in [0.15, 0.2) is 5.78 Å². The standard InChI is InChI=1S/C38H36N3O9P/c42-33(24-50-51(48,28-15-6-2-7-16-28)29-17-8-3-9-18-29)31(22-34(43)44)39-36(45)32-21-27-14-10-13-26-19-20-30(37(46)41(32)35(26)27)40-38(47)49-23-25-11-4-1-5-12-25/h1-18,30-32H,19-24H2,(H,39,45)(H,40,47)(H,43,44). The molecule has 12 nitrogen and oxygen atoms in total. The average Bonchev–Trinajstić information content (AvgIpc) is 3.49. The molecule has 0 bridgehead atoms. The van der Waals surface area contributed by atoms with Crippen LogP contribution in [-0.4, -0.2) is 59.5 Å². The maximum atomic E-state index is 14.3. The number of aryl methyl sites for hydroxylation is 1. The summed E-state index contributed by atoms with van der Waals surface area (Å²) in [5.74, 6) is -3.46. The van der Waals surface area contributed by atoms with Gasteiger partial charge in [-0.1, -0.05) is 84.9 Å². The molecule has 2 heterocycles. The Morgan fingerprint density at radius 2 is 1.45 bits per heavy atom. The maximum absolute atomic E-state index is 14.3. The Hall–Kier alpha value is -5.58. The van der Waals surface area contributed by atoms with Crippen molar-refractivity contribution in [3.63, 3.8) is 0 Å². The predicted molar refractivity (Wildman–Crippen MR) is 188 cm³/mol. The van der Waals surface area contributed by atoms with Crippen LogP contribution in [0.5, 0.6) is 0 Å². The predicted octanol–water partition coefficient (Wildman–Crippen LogP) is 3.66. The van der Waals surface area contributed by atoms with Crippen LogP contribution in [0.15, 0.2) is 109 Å². The number of carbonyl (C=O) groups is 5. The van der Waals surface area contributed by atoms with Crippen molar-refractivity contribution in [3.8, 4) is 0 Å². The molecule has 0 aliphatic carbocycles. The molecular formula is C38H36N3O9P. The van der Waals surface area contributed by atoms with Crippen LogP contribution in [0.1, 0.15) is 29.5 Å². The minimum atomic E-state index is -3.79. The molecular weight excluding hydrogens is 673 g/mol. The van der Waals surface area contributed by atoms with Gasteiger partial charge in [0.05, 0.1) is 12.1 Å². The second kappa shape index (κ2) is 15.5. The normalized spacial score (nSPS) is 17.1. The number of alkyl carbamates (subject to hydrolysis) is 1. The summed E-state index contributed by atoms with van der Waals surface area (Å²) in [6.07, 6.45) is -0.775. The first kappa shape index (κ1) is 35.3. The number of rotatable bonds is 13. The lowest BCUT2D eigenvalue weighted by Gasteiger charge is -2.29. The van der Waals surface area contributed by atoms with Gasteiger partial charge in [0.2, 0.25) is 11.8 Å². The third-order valence-electron chi connectivity index (χ3n) is 8.88. The first-order valence-corrected chi connectivity index (χ1v) is 18.1. The van der Waals surface area contributed by atoms with Crippen LogP contribution in [0, 0.1) is 0 Å². The second-order valence-electron chi connectivity index (χ2n) is 12.3. The molecule has 0 spiro atoms. The molecule has 0 aromatic heterocycles. The highest BCUT2D eigenvalue weighted by atomic mass is 31.2. The van der Waals surface area contributed by atoms with E-state index in [9.17, 15) is 33.6 Å². The third kappa shape index (κ3) is 7.93. The largest absolute Gasteiger partial charge is 0.481 e. The van der Waals surface area contributed by atoms with Crippen LogP contribution < -0.4 is 26.1 Å². The summed E-state index contributed by atoms with van der Waals surface area (Å²) < 4.78 is 25.4. The number of nitrogens with one attached hydrogen (secondary N) is 2. The van der Waals surface area contributed by atoms with Crippen LogP contribution in [0.3, 0.4) is 0 Å². The van der Waals surface area contributed by atoms with E-state index in [1.54, 1.807) is 78.9 Å². The topological polar surface area (TPSA) is 168 Å². The summed E-state index contributed by atoms with van der Waals surface area (Å²) in [6.45, 7) is -0.754. The Morgan fingerprint density at radius 1 is 0.843 bits per heavy atom. The number of nitrogens with zero attached hydrogens (tertiary/aromatic N) is 1. The summed E-state index contributed by atoms with van der Waals surface area (Å²) in [4.78, 5) is 67.5. The van der Waals surface area contributed by atoms with Crippen molar-refractivity contribution in [2.24, 2.45) is 0 Å². The van der Waals surface area contributed by atoms with Crippen molar-refractivity contribution < 1.29 is 42.9 Å². The summed E-state index contributed by atoms with van der Waals surface area (Å²) in [7, 11) is -3.79. The van der Waals surface area contributed by atoms with E-state index in [0.29, 0.717) is 22.7 Å². The van der Waals surface area contributed by atoms with Crippen molar-refractivity contribution in [2.75, 3.05) is 11.5 Å². The molecule has 3 unspecified atom stereocenters. The molecule has 0 saturated carbocycles. The smallest absolute Gasteiger partial charge is 0.408 e. The number of carboxylic acid groups (broad SMARTS) is 1. The average molecular weight is 710 g/mol. The van der Waals surface area contributed by atoms with Crippen LogP contribution in [0.25, 0.3) is 0 Å². The summed E-state index contributed by atoms with van der Waals surface area (Å²) >= 11 is 0. The maximum Gasteiger partial charge on any atom is 0.408 e. The molecule has 3 amide bonds. The zero-order valence-corrected chi connectivity index (χ0v) is 28.4. The van der Waals surface area contributed by atoms with E-state index in [1.165, 1.54) is 4.90 Å². The number of benzene rings is 4. The minimum Gasteiger partial charge on any atom is -0.481 e. The first-order chi connectivity index (χ1) is 24.6. The second-order valence-corrected chi connectivity index (χ2v) is 14.7. The Labute approximate surface area is 294 Å². The van der Waals surface area contributed by atoms with Gasteiger partial charge in [-0.3, -0.25) is 28.6 Å². The van der Waals surface area contributed by atoms with Gasteiger partial charge in [0.1, 0.15) is 31.3 Å². The lowest BCUT2D eigenvalue weighted by molar-refractivity contribution is -0.140. The number of Topliss-reactive ketones (excluding diaryl/α,β-unsaturated/α-hetero) is 1. The molecule has 6 rings (SSSR count). The molecule has 0 saturated heterocycles. The Balaban J connectivity index is 1.19. The quantitative estimate of drug-likeness (QED) is 0.176. The molecule has 3 atom stereocenters. The van der Waals surface area contributed by atoms with Crippen molar-refractivity contribution in [1.82, 2.24) is 10.6 Å². The molecule has 0 fully saturated rings. The number of anilines is 1. The first-order valence-electron chi connectivity index (χ1n) is 16.5. The van der Waals surface area contributed by atoms with E-state index in [0.717, 1.165) is 16.7 Å². The Morgan fingerprint density at radius 3 is 2.08 bits per heavy atom. The number of ketones is 1. The van der Waals surface area contributed by atoms with Crippen LogP contribution in [0.2, 0.25) is 0 Å². The molecule has 2 aliphatic rings. The van der Waals surface area contributed by atoms with E-state index in [4.69, 9.17) is 9.26 Å². The molecule has 3 N–H and O–H groups in total. The van der Waals surface area contributed by atoms with E-state index < -0.39 is 68.2 Å². The number of ether oxygens (including phenoxy) is 1. The van der Waals surface area contributed by atoms with Gasteiger partial charge in [-0.05, 0) is 53.8 Å². The molecule has 2 aliphatic heterocycles. The van der Waals surface area contributed by atoms with E-state index in [2.05, 4.69) is 10.6 Å². The van der Waals surface area contributed by atoms with Gasteiger partial charge >= 0.3 is 12.1 Å². The lowest BCUT2D eigenvalue weighted by atomic mass is 10.0. The fraction of sp³-hybridized carbons (Fsp3) is 0.237. The van der Waals surface area contributed by atoms with Crippen molar-refractivity contribution in [1.29, 1.82) is 0 Å². The van der Waals surface area contributed by atoms with Gasteiger partial charge in [0, 0.05) is 17.0 Å². The van der Waals surface area contributed by atoms with Crippen LogP contribution >= 0.6 is 7.37 Å². The molecule has 4 aromatic carbocycles. The number of hydrogen-bond donors (Lipinski definition) is 3. The van der Waals surface area contributed by atoms with Crippen molar-refractivity contribution in [2.45, 2.75) is 50.4 Å². The monoisotopic (exact) mass is 709 g/mol. The Bertz CT molecular complexity index is 1930. The van der Waals surface area contributed by atoms with E-state index in [-0.39, 0.29) is 19.4 Å². The molecule has 0 radical (unpaired) electrons. The number of amides is 3. The number of hydrogen-bond acceptors (Lipinski definition) is 8. The molecule has 4 aromatic rings. The van der Waals surface area contributed by atoms with Gasteiger partial charge < -0.3 is 25.0 Å². The van der Waals surface area contributed by atoms with Crippen LogP contribution in [-0.2, 0) is 52.5 Å². The minimum absolute atomic E-state index is 0.00155. The Kier molecular flexibility index (Phi) is 10.7. The van der Waals surface area contributed by atoms with Gasteiger partial charge in [0.25, 0.3) is 7.37 Å². The summed E-state index contributed by atoms with van der Waals surface area (Å²) in [5, 5.41) is 15.5. The number of carbonyl (C=O) groups excluding carboxylic acids is 4. The number of para-hydroxylation sites is 1. The van der Waals surface area contributed by atoms with Crippen molar-refractivity contribution >= 4 is 53.3 Å². The third-order valence-corrected chi connectivity index (χ3v) is 11.3. The number of aliphatic carboxylic acids is 1. The number of carboxylic acids is 1.